The lowest BCUT2D eigenvalue weighted by molar-refractivity contribution is -0.217. The predicted molar refractivity (Wildman–Crippen MR) is 80.6 cm³/mol. The van der Waals surface area contributed by atoms with Crippen LogP contribution in [0, 0.1) is 17.8 Å². The Bertz CT molecular complexity index is 881. The number of carbonyl (C=O) groups is 2. The topological polar surface area (TPSA) is 150 Å². The molecule has 3 fully saturated rings. The largest absolute Gasteiger partial charge is 0.453 e. The summed E-state index contributed by atoms with van der Waals surface area (Å²) in [6.45, 7) is -1.24. The Labute approximate surface area is 157 Å². The molecule has 6 atom stereocenters. The maximum Gasteiger partial charge on any atom is 0.426 e. The van der Waals surface area contributed by atoms with E-state index in [1.807, 2.05) is 0 Å². The molecule has 0 spiro atoms. The lowest BCUT2D eigenvalue weighted by Gasteiger charge is -2.23. The molecule has 1 aliphatic heterocycles. The fourth-order valence-electron chi connectivity index (χ4n) is 4.07. The van der Waals surface area contributed by atoms with E-state index >= 15 is 0 Å². The number of alkyl halides is 3. The van der Waals surface area contributed by atoms with Crippen LogP contribution in [0.5, 0.6) is 0 Å². The van der Waals surface area contributed by atoms with Crippen LogP contribution >= 0.6 is 0 Å². The molecule has 2 saturated carbocycles. The number of hydrogen-bond donors (Lipinski definition) is 1. The third kappa shape index (κ3) is 4.11. The van der Waals surface area contributed by atoms with Gasteiger partial charge < -0.3 is 9.47 Å². The van der Waals surface area contributed by atoms with Crippen molar-refractivity contribution in [3.8, 4) is 0 Å². The summed E-state index contributed by atoms with van der Waals surface area (Å²) in [6.07, 6.45) is -8.73. The summed E-state index contributed by atoms with van der Waals surface area (Å²) in [5, 5.41) is -0.690. The molecule has 0 radical (unpaired) electrons. The molecule has 3 aliphatic rings. The third-order valence-corrected chi connectivity index (χ3v) is 7.59. The van der Waals surface area contributed by atoms with Gasteiger partial charge in [0.25, 0.3) is 20.2 Å². The molecule has 3 rings (SSSR count). The zero-order chi connectivity index (χ0) is 21.1. The smallest absolute Gasteiger partial charge is 0.426 e. The zero-order valence-electron chi connectivity index (χ0n) is 13.9. The van der Waals surface area contributed by atoms with Crippen molar-refractivity contribution in [2.45, 2.75) is 36.5 Å². The molecule has 0 aromatic heterocycles. The fourth-order valence-corrected chi connectivity index (χ4v) is 6.60. The van der Waals surface area contributed by atoms with Crippen LogP contribution in [0.4, 0.5) is 13.2 Å². The van der Waals surface area contributed by atoms with E-state index in [0.717, 1.165) is 0 Å². The number of halogens is 3. The van der Waals surface area contributed by atoms with Crippen molar-refractivity contribution in [1.29, 1.82) is 0 Å². The standard InChI is InChI=1S/C13H15F3O10S2/c14-13(15,16)8(4-27(19,20)21)25-9(17)3-24-12(18)10-5-1-6-7(2-5)28(22,23)26-11(6)10/h5-8,10-11H,1-4H2,(H,19,20,21). The van der Waals surface area contributed by atoms with Gasteiger partial charge in [-0.1, -0.05) is 0 Å². The Morgan fingerprint density at radius 2 is 1.89 bits per heavy atom. The summed E-state index contributed by atoms with van der Waals surface area (Å²) in [6, 6.07) is 0. The lowest BCUT2D eigenvalue weighted by Crippen LogP contribution is -2.41. The Morgan fingerprint density at radius 1 is 1.25 bits per heavy atom. The molecule has 15 heteroatoms. The maximum absolute atomic E-state index is 12.7. The molecule has 0 aromatic carbocycles. The predicted octanol–water partition coefficient (Wildman–Crippen LogP) is -0.355. The van der Waals surface area contributed by atoms with Crippen molar-refractivity contribution in [3.63, 3.8) is 0 Å². The first kappa shape index (κ1) is 21.3. The molecule has 0 amide bonds. The molecular formula is C13H15F3O10S2. The molecular weight excluding hydrogens is 437 g/mol. The van der Waals surface area contributed by atoms with Gasteiger partial charge >= 0.3 is 18.1 Å². The van der Waals surface area contributed by atoms with Crippen LogP contribution in [-0.4, -0.2) is 69.3 Å². The summed E-state index contributed by atoms with van der Waals surface area (Å²) < 4.78 is 105. The highest BCUT2D eigenvalue weighted by Gasteiger charge is 2.66. The Morgan fingerprint density at radius 3 is 2.46 bits per heavy atom. The number of fused-ring (bicyclic) bond motifs is 1. The van der Waals surface area contributed by atoms with Gasteiger partial charge in [-0.3, -0.25) is 13.5 Å². The van der Waals surface area contributed by atoms with Gasteiger partial charge in [0.1, 0.15) is 5.75 Å². The Kier molecular flexibility index (Phi) is 5.17. The zero-order valence-corrected chi connectivity index (χ0v) is 15.5. The van der Waals surface area contributed by atoms with E-state index in [2.05, 4.69) is 9.47 Å². The van der Waals surface area contributed by atoms with Crippen molar-refractivity contribution >= 4 is 32.2 Å². The van der Waals surface area contributed by atoms with E-state index in [4.69, 9.17) is 8.74 Å². The average Bonchev–Trinajstić information content (AvgIpc) is 3.11. The van der Waals surface area contributed by atoms with Crippen molar-refractivity contribution < 1.29 is 57.8 Å². The minimum atomic E-state index is -5.28. The van der Waals surface area contributed by atoms with Gasteiger partial charge in [-0.2, -0.15) is 30.0 Å². The van der Waals surface area contributed by atoms with Crippen molar-refractivity contribution in [3.05, 3.63) is 0 Å². The quantitative estimate of drug-likeness (QED) is 0.322. The monoisotopic (exact) mass is 452 g/mol. The summed E-state index contributed by atoms with van der Waals surface area (Å²) >= 11 is 0. The van der Waals surface area contributed by atoms with Crippen molar-refractivity contribution in [1.82, 2.24) is 0 Å². The van der Waals surface area contributed by atoms with Crippen LogP contribution in [0.3, 0.4) is 0 Å². The highest BCUT2D eigenvalue weighted by atomic mass is 32.2. The highest BCUT2D eigenvalue weighted by Crippen LogP contribution is 2.57. The molecule has 2 aliphatic carbocycles. The van der Waals surface area contributed by atoms with Gasteiger partial charge in [-0.05, 0) is 18.8 Å². The van der Waals surface area contributed by atoms with Gasteiger partial charge in [-0.25, -0.2) is 4.79 Å². The second-order valence-electron chi connectivity index (χ2n) is 6.89. The van der Waals surface area contributed by atoms with E-state index in [-0.39, 0.29) is 18.3 Å². The second-order valence-corrected chi connectivity index (χ2v) is 10.2. The van der Waals surface area contributed by atoms with Gasteiger partial charge in [0.15, 0.2) is 6.61 Å². The Hall–Kier alpha value is -1.45. The Balaban J connectivity index is 1.57. The number of esters is 2. The first-order valence-electron chi connectivity index (χ1n) is 7.99. The molecule has 1 heterocycles. The third-order valence-electron chi connectivity index (χ3n) is 5.09. The molecule has 0 aromatic rings. The van der Waals surface area contributed by atoms with Gasteiger partial charge in [-0.15, -0.1) is 0 Å². The van der Waals surface area contributed by atoms with Crippen LogP contribution < -0.4 is 0 Å². The summed E-state index contributed by atoms with van der Waals surface area (Å²) in [7, 11) is -8.88. The van der Waals surface area contributed by atoms with Crippen LogP contribution in [-0.2, 0) is 43.5 Å². The van der Waals surface area contributed by atoms with Crippen LogP contribution in [0.25, 0.3) is 0 Å². The summed E-state index contributed by atoms with van der Waals surface area (Å²) in [5.74, 6) is -6.28. The van der Waals surface area contributed by atoms with E-state index in [1.165, 1.54) is 0 Å². The van der Waals surface area contributed by atoms with Crippen LogP contribution in [0.2, 0.25) is 0 Å². The number of hydrogen-bond acceptors (Lipinski definition) is 9. The molecule has 1 N–H and O–H groups in total. The minimum Gasteiger partial charge on any atom is -0.453 e. The molecule has 1 saturated heterocycles. The van der Waals surface area contributed by atoms with Crippen LogP contribution in [0.1, 0.15) is 12.8 Å². The number of rotatable bonds is 6. The second kappa shape index (κ2) is 6.81. The summed E-state index contributed by atoms with van der Waals surface area (Å²) in [5.41, 5.74) is 0. The highest BCUT2D eigenvalue weighted by molar-refractivity contribution is 7.87. The average molecular weight is 452 g/mol. The first-order chi connectivity index (χ1) is 12.7. The van der Waals surface area contributed by atoms with Crippen molar-refractivity contribution in [2.75, 3.05) is 12.4 Å². The molecule has 6 unspecified atom stereocenters. The lowest BCUT2D eigenvalue weighted by atomic mass is 9.86. The van der Waals surface area contributed by atoms with E-state index in [0.29, 0.717) is 6.42 Å². The van der Waals surface area contributed by atoms with Crippen LogP contribution in [0.15, 0.2) is 0 Å². The van der Waals surface area contributed by atoms with E-state index in [9.17, 15) is 39.6 Å². The van der Waals surface area contributed by atoms with Gasteiger partial charge in [0.05, 0.1) is 17.3 Å². The minimum absolute atomic E-state index is 0.193. The number of carbonyl (C=O) groups excluding carboxylic acids is 2. The van der Waals surface area contributed by atoms with Crippen molar-refractivity contribution in [2.24, 2.45) is 17.8 Å². The summed E-state index contributed by atoms with van der Waals surface area (Å²) in [4.78, 5) is 23.7. The normalized spacial score (nSPS) is 34.2. The first-order valence-corrected chi connectivity index (χ1v) is 11.1. The molecule has 160 valence electrons. The number of ether oxygens (including phenoxy) is 2. The maximum atomic E-state index is 12.7. The SMILES string of the molecule is O=C(COC(=O)C1C2CC3C1OS(=O)(=O)C3C2)OC(CS(=O)(=O)O)C(F)(F)F. The molecule has 28 heavy (non-hydrogen) atoms. The molecule has 2 bridgehead atoms. The molecule has 10 nitrogen and oxygen atoms in total. The van der Waals surface area contributed by atoms with E-state index < -0.39 is 74.1 Å². The fraction of sp³-hybridized carbons (Fsp3) is 0.846. The van der Waals surface area contributed by atoms with Gasteiger partial charge in [0, 0.05) is 5.92 Å². The van der Waals surface area contributed by atoms with E-state index in [1.54, 1.807) is 0 Å². The van der Waals surface area contributed by atoms with Gasteiger partial charge in [0.2, 0.25) is 6.10 Å².